The largest absolute Gasteiger partial charge is 0.307 e. The van der Waals surface area contributed by atoms with E-state index in [9.17, 15) is 9.59 Å². The lowest BCUT2D eigenvalue weighted by Crippen LogP contribution is -2.46. The summed E-state index contributed by atoms with van der Waals surface area (Å²) in [6.45, 7) is 4.06. The van der Waals surface area contributed by atoms with E-state index in [1.54, 1.807) is 41.0 Å². The highest BCUT2D eigenvalue weighted by Crippen LogP contribution is 2.34. The molecule has 1 N–H and O–H groups in total. The lowest BCUT2D eigenvalue weighted by atomic mass is 10.0. The Balaban J connectivity index is 1.92. The van der Waals surface area contributed by atoms with Gasteiger partial charge in [-0.1, -0.05) is 31.5 Å². The van der Waals surface area contributed by atoms with Crippen LogP contribution in [0, 0.1) is 5.92 Å². The van der Waals surface area contributed by atoms with E-state index in [4.69, 9.17) is 11.6 Å². The molecule has 0 radical (unpaired) electrons. The first-order valence-electron chi connectivity index (χ1n) is 8.26. The molecular formula is C18H21ClN4O2. The second-order valence-electron chi connectivity index (χ2n) is 6.72. The van der Waals surface area contributed by atoms with Crippen LogP contribution >= 0.6 is 11.6 Å². The molecule has 0 bridgehead atoms. The van der Waals surface area contributed by atoms with Crippen LogP contribution in [0.5, 0.6) is 0 Å². The van der Waals surface area contributed by atoms with Crippen molar-refractivity contribution in [2.75, 3.05) is 10.2 Å². The minimum Gasteiger partial charge on any atom is -0.307 e. The van der Waals surface area contributed by atoms with Gasteiger partial charge in [0.1, 0.15) is 6.04 Å². The van der Waals surface area contributed by atoms with E-state index in [-0.39, 0.29) is 24.2 Å². The number of amides is 2. The minimum atomic E-state index is -0.603. The number of nitrogens with zero attached hydrogens (tertiary/aromatic N) is 3. The number of anilines is 2. The highest BCUT2D eigenvalue weighted by atomic mass is 35.5. The number of hydrogen-bond acceptors (Lipinski definition) is 3. The molecule has 25 heavy (non-hydrogen) atoms. The van der Waals surface area contributed by atoms with E-state index >= 15 is 0 Å². The van der Waals surface area contributed by atoms with Crippen molar-refractivity contribution in [3.63, 3.8) is 0 Å². The Labute approximate surface area is 151 Å². The Morgan fingerprint density at radius 2 is 2.12 bits per heavy atom. The molecule has 1 aromatic carbocycles. The number of hydrogen-bond donors (Lipinski definition) is 1. The molecule has 1 aliphatic heterocycles. The fourth-order valence-electron chi connectivity index (χ4n) is 3.10. The summed E-state index contributed by atoms with van der Waals surface area (Å²) < 4.78 is 1.61. The maximum Gasteiger partial charge on any atom is 0.248 e. The van der Waals surface area contributed by atoms with Crippen LogP contribution in [0.4, 0.5) is 11.5 Å². The molecule has 2 heterocycles. The van der Waals surface area contributed by atoms with E-state index in [2.05, 4.69) is 10.4 Å². The Bertz CT molecular complexity index is 815. The number of halogens is 1. The van der Waals surface area contributed by atoms with Gasteiger partial charge in [-0.3, -0.25) is 19.2 Å². The maximum absolute atomic E-state index is 12.9. The van der Waals surface area contributed by atoms with Crippen molar-refractivity contribution >= 4 is 34.9 Å². The van der Waals surface area contributed by atoms with Crippen LogP contribution in [-0.4, -0.2) is 27.6 Å². The molecule has 0 saturated carbocycles. The van der Waals surface area contributed by atoms with Crippen molar-refractivity contribution in [2.24, 2.45) is 13.0 Å². The van der Waals surface area contributed by atoms with Gasteiger partial charge in [0.05, 0.1) is 6.42 Å². The van der Waals surface area contributed by atoms with Crippen LogP contribution in [0.3, 0.4) is 0 Å². The van der Waals surface area contributed by atoms with Crippen LogP contribution in [0.15, 0.2) is 30.5 Å². The van der Waals surface area contributed by atoms with Crippen molar-refractivity contribution < 1.29 is 9.59 Å². The normalized spacial score (nSPS) is 14.8. The molecule has 132 valence electrons. The van der Waals surface area contributed by atoms with E-state index < -0.39 is 6.04 Å². The Kier molecular flexibility index (Phi) is 4.81. The molecule has 0 saturated heterocycles. The van der Waals surface area contributed by atoms with Gasteiger partial charge in [-0.05, 0) is 30.0 Å². The summed E-state index contributed by atoms with van der Waals surface area (Å²) in [5.41, 5.74) is 1.62. The number of nitrogens with one attached hydrogen (secondary N) is 1. The topological polar surface area (TPSA) is 67.2 Å². The summed E-state index contributed by atoms with van der Waals surface area (Å²) >= 11 is 6.11. The fourth-order valence-corrected chi connectivity index (χ4v) is 3.27. The monoisotopic (exact) mass is 360 g/mol. The maximum atomic E-state index is 12.9. The standard InChI is InChI=1S/C18H21ClN4O2/c1-11(2)8-15(18(25)20-16-6-7-22(3)21-16)23-14-10-13(19)5-4-12(14)9-17(23)24/h4-7,10-11,15H,8-9H2,1-3H3,(H,20,21,25). The third-order valence-corrected chi connectivity index (χ3v) is 4.43. The van der Waals surface area contributed by atoms with Crippen molar-refractivity contribution in [3.05, 3.63) is 41.0 Å². The first-order valence-corrected chi connectivity index (χ1v) is 8.64. The summed E-state index contributed by atoms with van der Waals surface area (Å²) in [7, 11) is 1.78. The summed E-state index contributed by atoms with van der Waals surface area (Å²) in [5, 5.41) is 7.54. The Hall–Kier alpha value is -2.34. The molecule has 7 heteroatoms. The van der Waals surface area contributed by atoms with Crippen molar-refractivity contribution in [1.29, 1.82) is 0 Å². The van der Waals surface area contributed by atoms with Gasteiger partial charge in [-0.15, -0.1) is 0 Å². The summed E-state index contributed by atoms with van der Waals surface area (Å²) in [6, 6.07) is 6.49. The second-order valence-corrected chi connectivity index (χ2v) is 7.16. The van der Waals surface area contributed by atoms with Gasteiger partial charge in [-0.25, -0.2) is 0 Å². The molecule has 1 atom stereocenters. The molecule has 0 fully saturated rings. The van der Waals surface area contributed by atoms with Crippen molar-refractivity contribution in [3.8, 4) is 0 Å². The van der Waals surface area contributed by atoms with Gasteiger partial charge in [0.25, 0.3) is 0 Å². The Morgan fingerprint density at radius 1 is 1.36 bits per heavy atom. The van der Waals surface area contributed by atoms with Crippen LogP contribution in [0.25, 0.3) is 0 Å². The van der Waals surface area contributed by atoms with Crippen LogP contribution < -0.4 is 10.2 Å². The average Bonchev–Trinajstić information content (AvgIpc) is 3.07. The van der Waals surface area contributed by atoms with Crippen molar-refractivity contribution in [1.82, 2.24) is 9.78 Å². The predicted molar refractivity (Wildman–Crippen MR) is 97.7 cm³/mol. The van der Waals surface area contributed by atoms with Gasteiger partial charge in [0.2, 0.25) is 11.8 Å². The van der Waals surface area contributed by atoms with E-state index in [1.807, 2.05) is 19.9 Å². The summed E-state index contributed by atoms with van der Waals surface area (Å²) in [4.78, 5) is 27.1. The molecule has 2 amide bonds. The lowest BCUT2D eigenvalue weighted by molar-refractivity contribution is -0.123. The lowest BCUT2D eigenvalue weighted by Gasteiger charge is -2.29. The van der Waals surface area contributed by atoms with Gasteiger partial charge in [0, 0.05) is 30.0 Å². The number of fused-ring (bicyclic) bond motifs is 1. The Morgan fingerprint density at radius 3 is 2.76 bits per heavy atom. The third-order valence-electron chi connectivity index (χ3n) is 4.19. The quantitative estimate of drug-likeness (QED) is 0.891. The van der Waals surface area contributed by atoms with Gasteiger partial charge in [-0.2, -0.15) is 5.10 Å². The molecule has 0 spiro atoms. The SMILES string of the molecule is CC(C)CC(C(=O)Nc1ccn(C)n1)N1C(=O)Cc2ccc(Cl)cc21. The number of rotatable bonds is 5. The molecule has 0 aliphatic carbocycles. The molecular weight excluding hydrogens is 340 g/mol. The number of carbonyl (C=O) groups excluding carboxylic acids is 2. The number of aryl methyl sites for hydroxylation is 1. The molecule has 1 aromatic heterocycles. The van der Waals surface area contributed by atoms with E-state index in [0.29, 0.717) is 17.3 Å². The molecule has 1 aliphatic rings. The molecule has 2 aromatic rings. The molecule has 6 nitrogen and oxygen atoms in total. The predicted octanol–water partition coefficient (Wildman–Crippen LogP) is 3.02. The van der Waals surface area contributed by atoms with Gasteiger partial charge < -0.3 is 5.32 Å². The average molecular weight is 361 g/mol. The van der Waals surface area contributed by atoms with Gasteiger partial charge in [0.15, 0.2) is 5.82 Å². The van der Waals surface area contributed by atoms with Crippen molar-refractivity contribution in [2.45, 2.75) is 32.7 Å². The number of aromatic nitrogens is 2. The highest BCUT2D eigenvalue weighted by molar-refractivity contribution is 6.31. The number of benzene rings is 1. The molecule has 3 rings (SSSR count). The zero-order valence-corrected chi connectivity index (χ0v) is 15.2. The first kappa shape index (κ1) is 17.5. The zero-order chi connectivity index (χ0) is 18.1. The highest BCUT2D eigenvalue weighted by Gasteiger charge is 2.37. The van der Waals surface area contributed by atoms with Gasteiger partial charge >= 0.3 is 0 Å². The van der Waals surface area contributed by atoms with Crippen LogP contribution in [0.1, 0.15) is 25.8 Å². The second kappa shape index (κ2) is 6.88. The van der Waals surface area contributed by atoms with E-state index in [1.165, 1.54) is 0 Å². The molecule has 1 unspecified atom stereocenters. The third kappa shape index (κ3) is 3.69. The summed E-state index contributed by atoms with van der Waals surface area (Å²) in [5.74, 6) is 0.391. The van der Waals surface area contributed by atoms with Crippen LogP contribution in [-0.2, 0) is 23.1 Å². The zero-order valence-electron chi connectivity index (χ0n) is 14.5. The summed E-state index contributed by atoms with van der Waals surface area (Å²) in [6.07, 6.45) is 2.59. The number of carbonyl (C=O) groups is 2. The first-order chi connectivity index (χ1) is 11.8. The van der Waals surface area contributed by atoms with E-state index in [0.717, 1.165) is 11.3 Å². The minimum absolute atomic E-state index is 0.0842. The fraction of sp³-hybridized carbons (Fsp3) is 0.389. The van der Waals surface area contributed by atoms with Crippen LogP contribution in [0.2, 0.25) is 5.02 Å². The smallest absolute Gasteiger partial charge is 0.248 e.